The van der Waals surface area contributed by atoms with Crippen LogP contribution in [0.3, 0.4) is 0 Å². The topological polar surface area (TPSA) is 37.9 Å². The molecule has 0 radical (unpaired) electrons. The number of rotatable bonds is 3. The van der Waals surface area contributed by atoms with E-state index in [2.05, 4.69) is 9.97 Å². The maximum atomic E-state index is 12.7. The van der Waals surface area contributed by atoms with Gasteiger partial charge in [-0.3, -0.25) is 0 Å². The zero-order valence-corrected chi connectivity index (χ0v) is 11.9. The Labute approximate surface area is 126 Å². The summed E-state index contributed by atoms with van der Waals surface area (Å²) in [5, 5.41) is 0. The van der Waals surface area contributed by atoms with Gasteiger partial charge in [-0.2, -0.15) is 13.2 Å². The Balaban J connectivity index is 1.59. The second kappa shape index (κ2) is 6.02. The van der Waals surface area contributed by atoms with Crippen molar-refractivity contribution in [3.63, 3.8) is 0 Å². The van der Waals surface area contributed by atoms with Gasteiger partial charge in [-0.25, -0.2) is 4.98 Å². The monoisotopic (exact) mass is 310 g/mol. The zero-order valence-electron chi connectivity index (χ0n) is 11.9. The molecule has 1 aromatic heterocycles. The van der Waals surface area contributed by atoms with Crippen LogP contribution in [0.25, 0.3) is 0 Å². The Morgan fingerprint density at radius 1 is 1.14 bits per heavy atom. The smallest absolute Gasteiger partial charge is 0.416 e. The van der Waals surface area contributed by atoms with Crippen molar-refractivity contribution in [3.05, 3.63) is 48.0 Å². The Morgan fingerprint density at radius 2 is 1.91 bits per heavy atom. The lowest BCUT2D eigenvalue weighted by Gasteiger charge is -2.28. The lowest BCUT2D eigenvalue weighted by atomic mass is 9.85. The van der Waals surface area contributed by atoms with Crippen LogP contribution in [0, 0.1) is 0 Å². The van der Waals surface area contributed by atoms with E-state index in [1.54, 1.807) is 12.4 Å². The van der Waals surface area contributed by atoms with Gasteiger partial charge in [-0.05, 0) is 43.9 Å². The first-order valence-electron chi connectivity index (χ1n) is 7.34. The molecule has 3 rings (SSSR count). The predicted octanol–water partition coefficient (Wildman–Crippen LogP) is 4.53. The minimum Gasteiger partial charge on any atom is -0.490 e. The molecule has 1 heterocycles. The largest absolute Gasteiger partial charge is 0.490 e. The molecular weight excluding hydrogens is 293 g/mol. The highest BCUT2D eigenvalue weighted by atomic mass is 19.4. The van der Waals surface area contributed by atoms with Crippen molar-refractivity contribution in [1.82, 2.24) is 9.97 Å². The number of ether oxygens (including phenoxy) is 1. The van der Waals surface area contributed by atoms with E-state index in [0.717, 1.165) is 43.5 Å². The SMILES string of the molecule is FC(F)(F)c1cccc(OC2CCC(c3cnc[nH]3)CC2)c1. The van der Waals surface area contributed by atoms with Gasteiger partial charge in [-0.1, -0.05) is 6.07 Å². The third-order valence-electron chi connectivity index (χ3n) is 4.10. The average molecular weight is 310 g/mol. The third kappa shape index (κ3) is 3.43. The first-order chi connectivity index (χ1) is 10.5. The number of aromatic amines is 1. The van der Waals surface area contributed by atoms with Crippen LogP contribution in [0.5, 0.6) is 5.75 Å². The summed E-state index contributed by atoms with van der Waals surface area (Å²) < 4.78 is 43.8. The molecule has 0 aliphatic heterocycles. The van der Waals surface area contributed by atoms with E-state index in [1.165, 1.54) is 6.07 Å². The number of benzene rings is 1. The molecule has 1 N–H and O–H groups in total. The lowest BCUT2D eigenvalue weighted by molar-refractivity contribution is -0.137. The number of H-pyrrole nitrogens is 1. The molecule has 0 unspecified atom stereocenters. The standard InChI is InChI=1S/C16H17F3N2O/c17-16(18,19)12-2-1-3-14(8-12)22-13-6-4-11(5-7-13)15-9-20-10-21-15/h1-3,8-11,13H,4-7H2,(H,20,21). The van der Waals surface area contributed by atoms with Crippen LogP contribution >= 0.6 is 0 Å². The summed E-state index contributed by atoms with van der Waals surface area (Å²) in [6.45, 7) is 0. The van der Waals surface area contributed by atoms with Crippen molar-refractivity contribution in [1.29, 1.82) is 0 Å². The molecule has 0 bridgehead atoms. The Morgan fingerprint density at radius 3 is 2.55 bits per heavy atom. The van der Waals surface area contributed by atoms with Gasteiger partial charge in [-0.15, -0.1) is 0 Å². The molecule has 0 saturated heterocycles. The van der Waals surface area contributed by atoms with Gasteiger partial charge in [0.2, 0.25) is 0 Å². The van der Waals surface area contributed by atoms with Crippen LogP contribution in [-0.2, 0) is 6.18 Å². The predicted molar refractivity (Wildman–Crippen MR) is 75.7 cm³/mol. The summed E-state index contributed by atoms with van der Waals surface area (Å²) in [5.74, 6) is 0.726. The molecular formula is C16H17F3N2O. The second-order valence-electron chi connectivity index (χ2n) is 5.62. The fourth-order valence-electron chi connectivity index (χ4n) is 2.92. The van der Waals surface area contributed by atoms with E-state index in [0.29, 0.717) is 11.7 Å². The van der Waals surface area contributed by atoms with Gasteiger partial charge >= 0.3 is 6.18 Å². The Hall–Kier alpha value is -1.98. The highest BCUT2D eigenvalue weighted by molar-refractivity contribution is 5.30. The van der Waals surface area contributed by atoms with E-state index in [4.69, 9.17) is 4.74 Å². The maximum Gasteiger partial charge on any atom is 0.416 e. The number of alkyl halides is 3. The normalized spacial score (nSPS) is 22.5. The number of hydrogen-bond donors (Lipinski definition) is 1. The number of imidazole rings is 1. The summed E-state index contributed by atoms with van der Waals surface area (Å²) in [5.41, 5.74) is 0.452. The first-order valence-corrected chi connectivity index (χ1v) is 7.34. The number of hydrogen-bond acceptors (Lipinski definition) is 2. The van der Waals surface area contributed by atoms with Gasteiger partial charge in [0.15, 0.2) is 0 Å². The number of nitrogens with one attached hydrogen (secondary N) is 1. The number of halogens is 3. The quantitative estimate of drug-likeness (QED) is 0.904. The fraction of sp³-hybridized carbons (Fsp3) is 0.438. The van der Waals surface area contributed by atoms with Crippen molar-refractivity contribution in [3.8, 4) is 5.75 Å². The van der Waals surface area contributed by atoms with Crippen molar-refractivity contribution in [2.24, 2.45) is 0 Å². The van der Waals surface area contributed by atoms with Gasteiger partial charge in [0.1, 0.15) is 5.75 Å². The highest BCUT2D eigenvalue weighted by Crippen LogP contribution is 2.35. The summed E-state index contributed by atoms with van der Waals surface area (Å²) in [7, 11) is 0. The molecule has 1 saturated carbocycles. The summed E-state index contributed by atoms with van der Waals surface area (Å²) in [6.07, 6.45) is 2.71. The molecule has 1 aliphatic carbocycles. The molecule has 118 valence electrons. The van der Waals surface area contributed by atoms with Crippen LogP contribution in [0.15, 0.2) is 36.8 Å². The zero-order chi connectivity index (χ0) is 15.6. The fourth-order valence-corrected chi connectivity index (χ4v) is 2.92. The van der Waals surface area contributed by atoms with Crippen molar-refractivity contribution in [2.45, 2.75) is 43.9 Å². The molecule has 22 heavy (non-hydrogen) atoms. The van der Waals surface area contributed by atoms with Gasteiger partial charge in [0.25, 0.3) is 0 Å². The van der Waals surface area contributed by atoms with Crippen LogP contribution in [0.2, 0.25) is 0 Å². The molecule has 0 atom stereocenters. The van der Waals surface area contributed by atoms with E-state index in [9.17, 15) is 13.2 Å². The Kier molecular flexibility index (Phi) is 4.09. The molecule has 1 aromatic carbocycles. The van der Waals surface area contributed by atoms with Crippen molar-refractivity contribution in [2.75, 3.05) is 0 Å². The van der Waals surface area contributed by atoms with Gasteiger partial charge in [0.05, 0.1) is 18.0 Å². The van der Waals surface area contributed by atoms with Crippen LogP contribution < -0.4 is 4.74 Å². The molecule has 1 aliphatic rings. The molecule has 0 spiro atoms. The van der Waals surface area contributed by atoms with Crippen LogP contribution in [-0.4, -0.2) is 16.1 Å². The average Bonchev–Trinajstić information content (AvgIpc) is 3.02. The van der Waals surface area contributed by atoms with E-state index >= 15 is 0 Å². The summed E-state index contributed by atoms with van der Waals surface area (Å²) in [4.78, 5) is 7.14. The summed E-state index contributed by atoms with van der Waals surface area (Å²) >= 11 is 0. The van der Waals surface area contributed by atoms with Crippen molar-refractivity contribution < 1.29 is 17.9 Å². The molecule has 0 amide bonds. The maximum absolute atomic E-state index is 12.7. The van der Waals surface area contributed by atoms with Crippen molar-refractivity contribution >= 4 is 0 Å². The Bertz CT molecular complexity index is 602. The van der Waals surface area contributed by atoms with Crippen LogP contribution in [0.1, 0.15) is 42.9 Å². The second-order valence-corrected chi connectivity index (χ2v) is 5.62. The molecule has 6 heteroatoms. The van der Waals surface area contributed by atoms with E-state index in [-0.39, 0.29) is 6.10 Å². The van der Waals surface area contributed by atoms with Crippen LogP contribution in [0.4, 0.5) is 13.2 Å². The van der Waals surface area contributed by atoms with Gasteiger partial charge in [0, 0.05) is 17.8 Å². The lowest BCUT2D eigenvalue weighted by Crippen LogP contribution is -2.23. The minimum absolute atomic E-state index is 0.0253. The molecule has 2 aromatic rings. The third-order valence-corrected chi connectivity index (χ3v) is 4.10. The summed E-state index contributed by atoms with van der Waals surface area (Å²) in [6, 6.07) is 5.09. The number of nitrogens with zero attached hydrogens (tertiary/aromatic N) is 1. The highest BCUT2D eigenvalue weighted by Gasteiger charge is 2.31. The first kappa shape index (κ1) is 14.9. The minimum atomic E-state index is -4.34. The van der Waals surface area contributed by atoms with Gasteiger partial charge < -0.3 is 9.72 Å². The number of aromatic nitrogens is 2. The molecule has 1 fully saturated rings. The molecule has 3 nitrogen and oxygen atoms in total. The van der Waals surface area contributed by atoms with E-state index in [1.807, 2.05) is 6.20 Å². The van der Waals surface area contributed by atoms with E-state index < -0.39 is 11.7 Å².